The van der Waals surface area contributed by atoms with Crippen LogP contribution in [0.3, 0.4) is 0 Å². The molecule has 1 aromatic carbocycles. The van der Waals surface area contributed by atoms with Crippen LogP contribution in [0.4, 0.5) is 10.5 Å². The predicted octanol–water partition coefficient (Wildman–Crippen LogP) is 3.79. The van der Waals surface area contributed by atoms with Gasteiger partial charge in [0.25, 0.3) is 0 Å². The molecule has 3 rings (SSSR count). The molecule has 30 heavy (non-hydrogen) atoms. The summed E-state index contributed by atoms with van der Waals surface area (Å²) in [7, 11) is -3.79. The van der Waals surface area contributed by atoms with Gasteiger partial charge in [-0.05, 0) is 92.3 Å². The standard InChI is InChI=1S/C23H35N3O3S/c1-4-12-26(13-5-2)15-17(3)16-30(28,29)25-23(27)24-22-20-10-6-8-18(20)14-19-9-7-11-21(19)22/h14H,3-13,15-16H2,1-2H3,(H2,24,25,27). The van der Waals surface area contributed by atoms with Crippen molar-refractivity contribution < 1.29 is 13.2 Å². The number of amides is 2. The Labute approximate surface area is 181 Å². The lowest BCUT2D eigenvalue weighted by Gasteiger charge is -2.22. The summed E-state index contributed by atoms with van der Waals surface area (Å²) in [4.78, 5) is 14.8. The molecule has 7 heteroatoms. The first-order valence-corrected chi connectivity index (χ1v) is 12.8. The molecule has 0 unspecified atom stereocenters. The zero-order chi connectivity index (χ0) is 21.7. The summed E-state index contributed by atoms with van der Waals surface area (Å²) >= 11 is 0. The van der Waals surface area contributed by atoms with Crippen molar-refractivity contribution in [1.82, 2.24) is 9.62 Å². The zero-order valence-electron chi connectivity index (χ0n) is 18.3. The van der Waals surface area contributed by atoms with Crippen molar-refractivity contribution in [2.45, 2.75) is 65.2 Å². The first-order valence-electron chi connectivity index (χ1n) is 11.2. The van der Waals surface area contributed by atoms with E-state index in [1.807, 2.05) is 0 Å². The molecule has 0 fully saturated rings. The first-order chi connectivity index (χ1) is 14.3. The fraction of sp³-hybridized carbons (Fsp3) is 0.609. The number of hydrogen-bond donors (Lipinski definition) is 2. The Balaban J connectivity index is 1.63. The average Bonchev–Trinajstić information content (AvgIpc) is 3.29. The van der Waals surface area contributed by atoms with Crippen LogP contribution in [0.2, 0.25) is 0 Å². The van der Waals surface area contributed by atoms with Crippen LogP contribution < -0.4 is 10.0 Å². The Kier molecular flexibility index (Phi) is 7.58. The van der Waals surface area contributed by atoms with Crippen molar-refractivity contribution >= 4 is 21.7 Å². The van der Waals surface area contributed by atoms with Gasteiger partial charge in [-0.15, -0.1) is 0 Å². The van der Waals surface area contributed by atoms with Gasteiger partial charge in [0.05, 0.1) is 5.75 Å². The summed E-state index contributed by atoms with van der Waals surface area (Å²) in [5.41, 5.74) is 6.41. The number of rotatable bonds is 10. The normalized spacial score (nSPS) is 15.2. The molecular formula is C23H35N3O3S. The van der Waals surface area contributed by atoms with Crippen LogP contribution in [0.15, 0.2) is 18.2 Å². The number of aryl methyl sites for hydroxylation is 2. The highest BCUT2D eigenvalue weighted by atomic mass is 32.2. The highest BCUT2D eigenvalue weighted by Gasteiger charge is 2.26. The lowest BCUT2D eigenvalue weighted by atomic mass is 9.99. The minimum absolute atomic E-state index is 0.241. The van der Waals surface area contributed by atoms with E-state index in [2.05, 4.69) is 41.4 Å². The van der Waals surface area contributed by atoms with Gasteiger partial charge in [-0.3, -0.25) is 4.90 Å². The Hall–Kier alpha value is -1.86. The number of nitrogens with one attached hydrogen (secondary N) is 2. The van der Waals surface area contributed by atoms with E-state index < -0.39 is 16.1 Å². The number of fused-ring (bicyclic) bond motifs is 2. The van der Waals surface area contributed by atoms with Crippen LogP contribution in [0.25, 0.3) is 0 Å². The SMILES string of the molecule is C=C(CN(CCC)CCC)CS(=O)(=O)NC(=O)Nc1c2c(cc3c1CCC3)CCC2. The Morgan fingerprint density at radius 2 is 1.60 bits per heavy atom. The number of sulfonamides is 1. The summed E-state index contributed by atoms with van der Waals surface area (Å²) in [5, 5.41) is 2.88. The predicted molar refractivity (Wildman–Crippen MR) is 123 cm³/mol. The monoisotopic (exact) mass is 433 g/mol. The van der Waals surface area contributed by atoms with E-state index >= 15 is 0 Å². The van der Waals surface area contributed by atoms with Crippen LogP contribution in [0.5, 0.6) is 0 Å². The third kappa shape index (κ3) is 5.64. The molecule has 2 N–H and O–H groups in total. The molecule has 0 aromatic heterocycles. The van der Waals surface area contributed by atoms with Crippen LogP contribution in [0.1, 0.15) is 61.8 Å². The number of anilines is 1. The third-order valence-corrected chi connectivity index (χ3v) is 7.17. The van der Waals surface area contributed by atoms with E-state index in [4.69, 9.17) is 0 Å². The third-order valence-electron chi connectivity index (χ3n) is 5.88. The Morgan fingerprint density at radius 3 is 2.13 bits per heavy atom. The second-order valence-corrected chi connectivity index (χ2v) is 10.3. The van der Waals surface area contributed by atoms with Gasteiger partial charge in [-0.25, -0.2) is 17.9 Å². The summed E-state index contributed by atoms with van der Waals surface area (Å²) in [6.07, 6.45) is 8.11. The Bertz CT molecular complexity index is 871. The maximum absolute atomic E-state index is 12.6. The molecule has 0 saturated heterocycles. The van der Waals surface area contributed by atoms with Crippen molar-refractivity contribution in [3.63, 3.8) is 0 Å². The molecule has 2 amide bonds. The molecule has 6 nitrogen and oxygen atoms in total. The molecule has 2 aliphatic carbocycles. The molecule has 1 aromatic rings. The van der Waals surface area contributed by atoms with Gasteiger partial charge in [0.2, 0.25) is 10.0 Å². The van der Waals surface area contributed by atoms with Crippen molar-refractivity contribution in [3.05, 3.63) is 40.5 Å². The average molecular weight is 434 g/mol. The molecule has 2 aliphatic rings. The fourth-order valence-corrected chi connectivity index (χ4v) is 5.85. The van der Waals surface area contributed by atoms with Crippen LogP contribution >= 0.6 is 0 Å². The largest absolute Gasteiger partial charge is 0.332 e. The highest BCUT2D eigenvalue weighted by Crippen LogP contribution is 2.38. The maximum atomic E-state index is 12.6. The number of carbonyl (C=O) groups is 1. The summed E-state index contributed by atoms with van der Waals surface area (Å²) < 4.78 is 27.3. The number of urea groups is 1. The minimum Gasteiger partial charge on any atom is -0.307 e. The van der Waals surface area contributed by atoms with Gasteiger partial charge in [0, 0.05) is 12.2 Å². The van der Waals surface area contributed by atoms with E-state index in [-0.39, 0.29) is 5.75 Å². The van der Waals surface area contributed by atoms with Gasteiger partial charge < -0.3 is 5.32 Å². The number of hydrogen-bond acceptors (Lipinski definition) is 4. The minimum atomic E-state index is -3.79. The molecule has 0 aliphatic heterocycles. The van der Waals surface area contributed by atoms with Crippen LogP contribution in [-0.4, -0.2) is 44.7 Å². The number of carbonyl (C=O) groups excluding carboxylic acids is 1. The Morgan fingerprint density at radius 1 is 1.03 bits per heavy atom. The van der Waals surface area contributed by atoms with E-state index in [0.29, 0.717) is 12.1 Å². The van der Waals surface area contributed by atoms with Crippen molar-refractivity contribution in [2.24, 2.45) is 0 Å². The maximum Gasteiger partial charge on any atom is 0.332 e. The van der Waals surface area contributed by atoms with Gasteiger partial charge in [-0.1, -0.05) is 26.5 Å². The molecule has 0 spiro atoms. The summed E-state index contributed by atoms with van der Waals surface area (Å²) in [5.74, 6) is -0.241. The van der Waals surface area contributed by atoms with Gasteiger partial charge in [0.1, 0.15) is 0 Å². The zero-order valence-corrected chi connectivity index (χ0v) is 19.2. The van der Waals surface area contributed by atoms with Crippen LogP contribution in [-0.2, 0) is 35.7 Å². The molecule has 166 valence electrons. The second-order valence-electron chi connectivity index (χ2n) is 8.58. The lowest BCUT2D eigenvalue weighted by Crippen LogP contribution is -2.38. The van der Waals surface area contributed by atoms with Gasteiger partial charge in [0.15, 0.2) is 0 Å². The van der Waals surface area contributed by atoms with E-state index in [1.165, 1.54) is 22.3 Å². The summed E-state index contributed by atoms with van der Waals surface area (Å²) in [6.45, 7) is 10.5. The van der Waals surface area contributed by atoms with Crippen molar-refractivity contribution in [2.75, 3.05) is 30.7 Å². The van der Waals surface area contributed by atoms with E-state index in [9.17, 15) is 13.2 Å². The molecule has 0 radical (unpaired) electrons. The second kappa shape index (κ2) is 9.96. The summed E-state index contributed by atoms with van der Waals surface area (Å²) in [6, 6.07) is 1.61. The lowest BCUT2D eigenvalue weighted by molar-refractivity contribution is 0.256. The van der Waals surface area contributed by atoms with Crippen molar-refractivity contribution in [1.29, 1.82) is 0 Å². The number of nitrogens with zero attached hydrogens (tertiary/aromatic N) is 1. The molecule has 0 atom stereocenters. The molecular weight excluding hydrogens is 398 g/mol. The van der Waals surface area contributed by atoms with Crippen molar-refractivity contribution in [3.8, 4) is 0 Å². The topological polar surface area (TPSA) is 78.5 Å². The first kappa shape index (κ1) is 22.8. The quantitative estimate of drug-likeness (QED) is 0.550. The van der Waals surface area contributed by atoms with Gasteiger partial charge >= 0.3 is 6.03 Å². The molecule has 0 saturated carbocycles. The smallest absolute Gasteiger partial charge is 0.307 e. The highest BCUT2D eigenvalue weighted by molar-refractivity contribution is 7.90. The fourth-order valence-electron chi connectivity index (χ4n) is 4.82. The number of benzene rings is 1. The molecule has 0 bridgehead atoms. The van der Waals surface area contributed by atoms with Crippen LogP contribution in [0, 0.1) is 0 Å². The van der Waals surface area contributed by atoms with E-state index in [0.717, 1.165) is 70.1 Å². The van der Waals surface area contributed by atoms with Gasteiger partial charge in [-0.2, -0.15) is 0 Å². The van der Waals surface area contributed by atoms with E-state index in [1.54, 1.807) is 0 Å². The molecule has 0 heterocycles.